The highest BCUT2D eigenvalue weighted by atomic mass is 14.4. The van der Waals surface area contributed by atoms with Gasteiger partial charge in [0, 0.05) is 0 Å². The molecule has 0 N–H and O–H groups in total. The van der Waals surface area contributed by atoms with Crippen molar-refractivity contribution < 1.29 is 0 Å². The first kappa shape index (κ1) is 11.1. The number of rotatable bonds is 5. The molecule has 2 atom stereocenters. The van der Waals surface area contributed by atoms with Crippen molar-refractivity contribution in [2.24, 2.45) is 23.7 Å². The first-order valence-corrected chi connectivity index (χ1v) is 6.20. The van der Waals surface area contributed by atoms with Gasteiger partial charge in [-0.3, -0.25) is 0 Å². The maximum Gasteiger partial charge on any atom is -0.0334 e. The third kappa shape index (κ3) is 2.48. The van der Waals surface area contributed by atoms with Crippen LogP contribution in [0.2, 0.25) is 0 Å². The Kier molecular flexibility index (Phi) is 4.28. The normalized spacial score (nSPS) is 33.5. The van der Waals surface area contributed by atoms with Crippen molar-refractivity contribution >= 4 is 0 Å². The van der Waals surface area contributed by atoms with Crippen molar-refractivity contribution in [3.63, 3.8) is 0 Å². The first-order valence-electron chi connectivity index (χ1n) is 6.20. The van der Waals surface area contributed by atoms with Gasteiger partial charge in [0.2, 0.25) is 0 Å². The lowest BCUT2D eigenvalue weighted by molar-refractivity contribution is 0.0332. The standard InChI is InChI=1S/C13H26/c1-5-7-12(8-6-2)13-10(3)9-11(13)4/h10-13H,5-9H2,1-4H3. The van der Waals surface area contributed by atoms with E-state index in [1.807, 2.05) is 0 Å². The third-order valence-corrected chi connectivity index (χ3v) is 3.92. The van der Waals surface area contributed by atoms with Crippen LogP contribution in [0.4, 0.5) is 0 Å². The molecular formula is C13H26. The minimum absolute atomic E-state index is 1.01. The zero-order valence-corrected chi connectivity index (χ0v) is 9.84. The van der Waals surface area contributed by atoms with Crippen molar-refractivity contribution in [3.05, 3.63) is 0 Å². The van der Waals surface area contributed by atoms with E-state index in [2.05, 4.69) is 27.7 Å². The van der Waals surface area contributed by atoms with Gasteiger partial charge in [-0.2, -0.15) is 0 Å². The molecule has 2 unspecified atom stereocenters. The summed E-state index contributed by atoms with van der Waals surface area (Å²) in [5.41, 5.74) is 0. The average molecular weight is 182 g/mol. The van der Waals surface area contributed by atoms with Crippen LogP contribution >= 0.6 is 0 Å². The molecule has 78 valence electrons. The highest BCUT2D eigenvalue weighted by molar-refractivity contribution is 4.88. The predicted molar refractivity (Wildman–Crippen MR) is 59.7 cm³/mol. The number of hydrogen-bond acceptors (Lipinski definition) is 0. The van der Waals surface area contributed by atoms with E-state index in [-0.39, 0.29) is 0 Å². The van der Waals surface area contributed by atoms with Crippen LogP contribution in [-0.4, -0.2) is 0 Å². The summed E-state index contributed by atoms with van der Waals surface area (Å²) in [6, 6.07) is 0. The van der Waals surface area contributed by atoms with Gasteiger partial charge in [-0.15, -0.1) is 0 Å². The highest BCUT2D eigenvalue weighted by Crippen LogP contribution is 2.47. The summed E-state index contributed by atoms with van der Waals surface area (Å²) in [7, 11) is 0. The van der Waals surface area contributed by atoms with Crippen LogP contribution in [0, 0.1) is 23.7 Å². The van der Waals surface area contributed by atoms with Crippen molar-refractivity contribution in [1.82, 2.24) is 0 Å². The fourth-order valence-corrected chi connectivity index (χ4v) is 3.47. The maximum absolute atomic E-state index is 2.45. The van der Waals surface area contributed by atoms with E-state index in [9.17, 15) is 0 Å². The molecular weight excluding hydrogens is 156 g/mol. The summed E-state index contributed by atoms with van der Waals surface area (Å²) >= 11 is 0. The zero-order chi connectivity index (χ0) is 9.84. The SMILES string of the molecule is CCCC(CCC)C1C(C)CC1C. The van der Waals surface area contributed by atoms with E-state index < -0.39 is 0 Å². The van der Waals surface area contributed by atoms with Gasteiger partial charge in [0.1, 0.15) is 0 Å². The van der Waals surface area contributed by atoms with Gasteiger partial charge in [0.25, 0.3) is 0 Å². The number of hydrogen-bond donors (Lipinski definition) is 0. The molecule has 0 nitrogen and oxygen atoms in total. The second kappa shape index (κ2) is 5.02. The maximum atomic E-state index is 2.45. The lowest BCUT2D eigenvalue weighted by Crippen LogP contribution is -2.38. The van der Waals surface area contributed by atoms with Crippen LogP contribution in [0.5, 0.6) is 0 Å². The van der Waals surface area contributed by atoms with Crippen molar-refractivity contribution in [3.8, 4) is 0 Å². The van der Waals surface area contributed by atoms with Gasteiger partial charge in [-0.1, -0.05) is 53.4 Å². The Bertz CT molecular complexity index is 125. The van der Waals surface area contributed by atoms with Crippen molar-refractivity contribution in [2.75, 3.05) is 0 Å². The molecule has 0 heterocycles. The molecule has 1 rings (SSSR count). The molecule has 1 saturated carbocycles. The molecule has 1 aliphatic rings. The Hall–Kier alpha value is 0. The Morgan fingerprint density at radius 3 is 1.77 bits per heavy atom. The van der Waals surface area contributed by atoms with Gasteiger partial charge >= 0.3 is 0 Å². The molecule has 1 fully saturated rings. The first-order chi connectivity index (χ1) is 6.20. The molecule has 13 heavy (non-hydrogen) atoms. The molecule has 0 saturated heterocycles. The lowest BCUT2D eigenvalue weighted by Gasteiger charge is -2.46. The molecule has 0 aromatic carbocycles. The lowest BCUT2D eigenvalue weighted by atomic mass is 9.59. The Labute approximate surface area is 84.1 Å². The van der Waals surface area contributed by atoms with E-state index in [4.69, 9.17) is 0 Å². The zero-order valence-electron chi connectivity index (χ0n) is 9.84. The summed E-state index contributed by atoms with van der Waals surface area (Å²) in [6.45, 7) is 9.55. The molecule has 0 aromatic heterocycles. The van der Waals surface area contributed by atoms with Crippen LogP contribution in [-0.2, 0) is 0 Å². The minimum Gasteiger partial charge on any atom is -0.0654 e. The highest BCUT2D eigenvalue weighted by Gasteiger charge is 2.38. The Morgan fingerprint density at radius 2 is 1.46 bits per heavy atom. The molecule has 0 radical (unpaired) electrons. The van der Waals surface area contributed by atoms with Crippen LogP contribution in [0.1, 0.15) is 59.8 Å². The monoisotopic (exact) mass is 182 g/mol. The molecule has 0 aromatic rings. The van der Waals surface area contributed by atoms with Gasteiger partial charge in [-0.25, -0.2) is 0 Å². The van der Waals surface area contributed by atoms with E-state index >= 15 is 0 Å². The summed E-state index contributed by atoms with van der Waals surface area (Å²) in [5.74, 6) is 4.12. The molecule has 0 amide bonds. The second-order valence-corrected chi connectivity index (χ2v) is 5.11. The minimum atomic E-state index is 1.01. The summed E-state index contributed by atoms with van der Waals surface area (Å²) in [5, 5.41) is 0. The van der Waals surface area contributed by atoms with Crippen LogP contribution in [0.3, 0.4) is 0 Å². The van der Waals surface area contributed by atoms with Crippen molar-refractivity contribution in [2.45, 2.75) is 59.8 Å². The third-order valence-electron chi connectivity index (χ3n) is 3.92. The molecule has 1 aliphatic carbocycles. The Balaban J connectivity index is 2.42. The van der Waals surface area contributed by atoms with Gasteiger partial charge in [-0.05, 0) is 30.1 Å². The van der Waals surface area contributed by atoms with Gasteiger partial charge in [0.15, 0.2) is 0 Å². The van der Waals surface area contributed by atoms with Crippen LogP contribution in [0.15, 0.2) is 0 Å². The predicted octanol–water partition coefficient (Wildman–Crippen LogP) is 4.49. The van der Waals surface area contributed by atoms with Crippen LogP contribution in [0.25, 0.3) is 0 Å². The molecule has 0 heteroatoms. The van der Waals surface area contributed by atoms with Crippen molar-refractivity contribution in [1.29, 1.82) is 0 Å². The van der Waals surface area contributed by atoms with Crippen LogP contribution < -0.4 is 0 Å². The quantitative estimate of drug-likeness (QED) is 0.587. The fraction of sp³-hybridized carbons (Fsp3) is 1.00. The van der Waals surface area contributed by atoms with E-state index in [1.165, 1.54) is 32.1 Å². The summed E-state index contributed by atoms with van der Waals surface area (Å²) in [6.07, 6.45) is 7.16. The summed E-state index contributed by atoms with van der Waals surface area (Å²) < 4.78 is 0. The Morgan fingerprint density at radius 1 is 1.00 bits per heavy atom. The van der Waals surface area contributed by atoms with E-state index in [0.29, 0.717) is 0 Å². The molecule has 0 bridgehead atoms. The molecule has 0 aliphatic heterocycles. The smallest absolute Gasteiger partial charge is 0.0334 e. The van der Waals surface area contributed by atoms with Gasteiger partial charge in [0.05, 0.1) is 0 Å². The second-order valence-electron chi connectivity index (χ2n) is 5.11. The average Bonchev–Trinajstić information content (AvgIpc) is 2.04. The molecule has 0 spiro atoms. The van der Waals surface area contributed by atoms with E-state index in [1.54, 1.807) is 0 Å². The topological polar surface area (TPSA) is 0 Å². The fourth-order valence-electron chi connectivity index (χ4n) is 3.47. The van der Waals surface area contributed by atoms with Gasteiger partial charge < -0.3 is 0 Å². The van der Waals surface area contributed by atoms with E-state index in [0.717, 1.165) is 23.7 Å². The summed E-state index contributed by atoms with van der Waals surface area (Å²) in [4.78, 5) is 0. The largest absolute Gasteiger partial charge is 0.0654 e.